The first-order valence-electron chi connectivity index (χ1n) is 5.91. The Labute approximate surface area is 109 Å². The van der Waals surface area contributed by atoms with Gasteiger partial charge in [-0.2, -0.15) is 5.10 Å². The molecular weight excluding hydrogens is 255 g/mol. The van der Waals surface area contributed by atoms with Gasteiger partial charge in [0, 0.05) is 18.8 Å². The summed E-state index contributed by atoms with van der Waals surface area (Å²) in [5.74, 6) is -3.95. The van der Waals surface area contributed by atoms with Crippen molar-refractivity contribution >= 4 is 0 Å². The lowest BCUT2D eigenvalue weighted by Crippen LogP contribution is -2.22. The molecular formula is C13H14F3N3. The van der Waals surface area contributed by atoms with Gasteiger partial charge in [-0.25, -0.2) is 17.9 Å². The highest BCUT2D eigenvalue weighted by Gasteiger charge is 2.15. The van der Waals surface area contributed by atoms with Gasteiger partial charge in [0.25, 0.3) is 0 Å². The number of rotatable bonds is 4. The molecule has 0 fully saturated rings. The van der Waals surface area contributed by atoms with Crippen molar-refractivity contribution in [2.24, 2.45) is 0 Å². The molecule has 0 aliphatic heterocycles. The SMILES string of the molecule is CC(C)NCc1ccn(-c2ccc(F)c(F)c2F)n1. The van der Waals surface area contributed by atoms with Crippen molar-refractivity contribution in [3.63, 3.8) is 0 Å². The molecule has 0 saturated heterocycles. The predicted molar refractivity (Wildman–Crippen MR) is 65.4 cm³/mol. The van der Waals surface area contributed by atoms with Gasteiger partial charge in [-0.05, 0) is 18.2 Å². The van der Waals surface area contributed by atoms with Crippen molar-refractivity contribution in [3.05, 3.63) is 47.5 Å². The molecule has 2 rings (SSSR count). The fourth-order valence-corrected chi connectivity index (χ4v) is 1.59. The zero-order chi connectivity index (χ0) is 14.0. The molecule has 0 aliphatic carbocycles. The van der Waals surface area contributed by atoms with Crippen molar-refractivity contribution in [2.45, 2.75) is 26.4 Å². The predicted octanol–water partition coefficient (Wildman–Crippen LogP) is 2.79. The maximum atomic E-state index is 13.6. The Bertz CT molecular complexity index is 579. The van der Waals surface area contributed by atoms with Crippen LogP contribution in [-0.4, -0.2) is 15.8 Å². The van der Waals surface area contributed by atoms with E-state index in [2.05, 4.69) is 10.4 Å². The van der Waals surface area contributed by atoms with Crippen LogP contribution in [0.3, 0.4) is 0 Å². The van der Waals surface area contributed by atoms with Gasteiger partial charge >= 0.3 is 0 Å². The van der Waals surface area contributed by atoms with Gasteiger partial charge in [-0.15, -0.1) is 0 Å². The average Bonchev–Trinajstić information content (AvgIpc) is 2.82. The summed E-state index contributed by atoms with van der Waals surface area (Å²) >= 11 is 0. The molecule has 1 aromatic carbocycles. The number of benzene rings is 1. The lowest BCUT2D eigenvalue weighted by Gasteiger charge is -2.06. The Morgan fingerprint density at radius 2 is 1.89 bits per heavy atom. The van der Waals surface area contributed by atoms with E-state index in [4.69, 9.17) is 0 Å². The highest BCUT2D eigenvalue weighted by atomic mass is 19.2. The second-order valence-electron chi connectivity index (χ2n) is 4.48. The highest BCUT2D eigenvalue weighted by Crippen LogP contribution is 2.18. The summed E-state index contributed by atoms with van der Waals surface area (Å²) in [4.78, 5) is 0. The third-order valence-electron chi connectivity index (χ3n) is 2.60. The molecule has 0 bridgehead atoms. The van der Waals surface area contributed by atoms with Crippen LogP contribution in [-0.2, 0) is 6.54 Å². The number of aromatic nitrogens is 2. The Balaban J connectivity index is 2.26. The summed E-state index contributed by atoms with van der Waals surface area (Å²) < 4.78 is 40.7. The molecule has 0 saturated carbocycles. The fraction of sp³-hybridized carbons (Fsp3) is 0.308. The van der Waals surface area contributed by atoms with Crippen LogP contribution < -0.4 is 5.32 Å². The Morgan fingerprint density at radius 1 is 1.16 bits per heavy atom. The number of hydrogen-bond donors (Lipinski definition) is 1. The Hall–Kier alpha value is -1.82. The van der Waals surface area contributed by atoms with E-state index >= 15 is 0 Å². The van der Waals surface area contributed by atoms with E-state index in [1.165, 1.54) is 10.9 Å². The molecule has 3 nitrogen and oxygen atoms in total. The van der Waals surface area contributed by atoms with Gasteiger partial charge in [0.1, 0.15) is 5.69 Å². The summed E-state index contributed by atoms with van der Waals surface area (Å²) in [5.41, 5.74) is 0.576. The van der Waals surface area contributed by atoms with Crippen molar-refractivity contribution < 1.29 is 13.2 Å². The van der Waals surface area contributed by atoms with E-state index in [-0.39, 0.29) is 5.69 Å². The van der Waals surface area contributed by atoms with Crippen molar-refractivity contribution in [1.82, 2.24) is 15.1 Å². The van der Waals surface area contributed by atoms with Gasteiger partial charge in [-0.1, -0.05) is 13.8 Å². The topological polar surface area (TPSA) is 29.9 Å². The molecule has 102 valence electrons. The van der Waals surface area contributed by atoms with Crippen LogP contribution in [0, 0.1) is 17.5 Å². The maximum Gasteiger partial charge on any atom is 0.196 e. The summed E-state index contributed by atoms with van der Waals surface area (Å²) in [7, 11) is 0. The molecule has 6 heteroatoms. The number of halogens is 3. The number of nitrogens with one attached hydrogen (secondary N) is 1. The van der Waals surface area contributed by atoms with E-state index in [0.717, 1.165) is 12.1 Å². The molecule has 0 unspecified atom stereocenters. The standard InChI is InChI=1S/C13H14F3N3/c1-8(2)17-7-9-5-6-19(18-9)11-4-3-10(14)12(15)13(11)16/h3-6,8,17H,7H2,1-2H3. The first-order valence-corrected chi connectivity index (χ1v) is 5.91. The molecule has 1 aromatic heterocycles. The smallest absolute Gasteiger partial charge is 0.196 e. The first-order chi connectivity index (χ1) is 8.99. The van der Waals surface area contributed by atoms with E-state index in [9.17, 15) is 13.2 Å². The average molecular weight is 269 g/mol. The minimum absolute atomic E-state index is 0.116. The monoisotopic (exact) mass is 269 g/mol. The molecule has 0 aliphatic rings. The Kier molecular flexibility index (Phi) is 3.90. The molecule has 0 spiro atoms. The van der Waals surface area contributed by atoms with Crippen molar-refractivity contribution in [3.8, 4) is 5.69 Å². The van der Waals surface area contributed by atoms with E-state index < -0.39 is 17.5 Å². The van der Waals surface area contributed by atoms with Gasteiger partial charge in [0.05, 0.1) is 5.69 Å². The zero-order valence-corrected chi connectivity index (χ0v) is 10.6. The number of hydrogen-bond acceptors (Lipinski definition) is 2. The van der Waals surface area contributed by atoms with Gasteiger partial charge < -0.3 is 5.32 Å². The van der Waals surface area contributed by atoms with E-state index in [1.54, 1.807) is 6.07 Å². The number of nitrogens with zero attached hydrogens (tertiary/aromatic N) is 2. The summed E-state index contributed by atoms with van der Waals surface area (Å²) in [5, 5.41) is 7.27. The third kappa shape index (κ3) is 2.96. The molecule has 0 atom stereocenters. The molecule has 19 heavy (non-hydrogen) atoms. The lowest BCUT2D eigenvalue weighted by atomic mass is 10.3. The summed E-state index contributed by atoms with van der Waals surface area (Å²) in [6.07, 6.45) is 1.51. The maximum absolute atomic E-state index is 13.6. The van der Waals surface area contributed by atoms with Gasteiger partial charge in [0.2, 0.25) is 0 Å². The van der Waals surface area contributed by atoms with Crippen LogP contribution in [0.2, 0.25) is 0 Å². The molecule has 1 heterocycles. The minimum atomic E-state index is -1.49. The normalized spacial score (nSPS) is 11.3. The van der Waals surface area contributed by atoms with Gasteiger partial charge in [0.15, 0.2) is 17.5 Å². The van der Waals surface area contributed by atoms with E-state index in [0.29, 0.717) is 18.3 Å². The molecule has 1 N–H and O–H groups in total. The molecule has 2 aromatic rings. The lowest BCUT2D eigenvalue weighted by molar-refractivity contribution is 0.443. The first kappa shape index (κ1) is 13.6. The van der Waals surface area contributed by atoms with Crippen LogP contribution in [0.25, 0.3) is 5.69 Å². The molecule has 0 amide bonds. The van der Waals surface area contributed by atoms with Crippen LogP contribution in [0.4, 0.5) is 13.2 Å². The van der Waals surface area contributed by atoms with Crippen molar-refractivity contribution in [1.29, 1.82) is 0 Å². The van der Waals surface area contributed by atoms with Crippen LogP contribution >= 0.6 is 0 Å². The third-order valence-corrected chi connectivity index (χ3v) is 2.60. The second kappa shape index (κ2) is 5.44. The van der Waals surface area contributed by atoms with E-state index in [1.807, 2.05) is 13.8 Å². The quantitative estimate of drug-likeness (QED) is 0.865. The van der Waals surface area contributed by atoms with Crippen molar-refractivity contribution in [2.75, 3.05) is 0 Å². The molecule has 0 radical (unpaired) electrons. The fourth-order valence-electron chi connectivity index (χ4n) is 1.59. The Morgan fingerprint density at radius 3 is 2.58 bits per heavy atom. The highest BCUT2D eigenvalue weighted by molar-refractivity contribution is 5.34. The van der Waals surface area contributed by atoms with Crippen LogP contribution in [0.15, 0.2) is 24.4 Å². The summed E-state index contributed by atoms with van der Waals surface area (Å²) in [6, 6.07) is 4.02. The minimum Gasteiger partial charge on any atom is -0.309 e. The largest absolute Gasteiger partial charge is 0.309 e. The van der Waals surface area contributed by atoms with Gasteiger partial charge in [-0.3, -0.25) is 0 Å². The zero-order valence-electron chi connectivity index (χ0n) is 10.6. The summed E-state index contributed by atoms with van der Waals surface area (Å²) in [6.45, 7) is 4.51. The second-order valence-corrected chi connectivity index (χ2v) is 4.48. The van der Waals surface area contributed by atoms with Crippen LogP contribution in [0.1, 0.15) is 19.5 Å². The van der Waals surface area contributed by atoms with Crippen LogP contribution in [0.5, 0.6) is 0 Å².